The van der Waals surface area contributed by atoms with Gasteiger partial charge < -0.3 is 9.64 Å². The summed E-state index contributed by atoms with van der Waals surface area (Å²) in [6, 6.07) is 6.85. The number of para-hydroxylation sites is 1. The number of hydrogen-bond donors (Lipinski definition) is 1. The van der Waals surface area contributed by atoms with Crippen molar-refractivity contribution in [2.75, 3.05) is 32.8 Å². The standard InChI is InChI=1S/C15H22N2O3S/c1-2-17-9-7-15(8-10-17)11-16-21(18,19)14-6-4-3-5-13(14)20-12-15/h3-6,16H,2,7-12H2,1H3. The number of fused-ring (bicyclic) bond motifs is 1. The Labute approximate surface area is 126 Å². The fourth-order valence-corrected chi connectivity index (χ4v) is 4.37. The molecule has 116 valence electrons. The van der Waals surface area contributed by atoms with E-state index in [-0.39, 0.29) is 10.3 Å². The van der Waals surface area contributed by atoms with Gasteiger partial charge in [-0.1, -0.05) is 19.1 Å². The highest BCUT2D eigenvalue weighted by Crippen LogP contribution is 2.35. The molecule has 0 unspecified atom stereocenters. The van der Waals surface area contributed by atoms with E-state index in [0.29, 0.717) is 18.9 Å². The third-order valence-corrected chi connectivity index (χ3v) is 6.11. The van der Waals surface area contributed by atoms with Gasteiger partial charge in [-0.3, -0.25) is 0 Å². The van der Waals surface area contributed by atoms with Gasteiger partial charge in [-0.15, -0.1) is 0 Å². The van der Waals surface area contributed by atoms with Crippen LogP contribution in [0, 0.1) is 5.41 Å². The number of hydrogen-bond acceptors (Lipinski definition) is 4. The Morgan fingerprint density at radius 2 is 2.00 bits per heavy atom. The van der Waals surface area contributed by atoms with Crippen LogP contribution in [0.1, 0.15) is 19.8 Å². The molecule has 0 amide bonds. The molecule has 1 aromatic carbocycles. The number of nitrogens with one attached hydrogen (secondary N) is 1. The highest BCUT2D eigenvalue weighted by Gasteiger charge is 2.38. The smallest absolute Gasteiger partial charge is 0.244 e. The van der Waals surface area contributed by atoms with E-state index in [9.17, 15) is 8.42 Å². The number of sulfonamides is 1. The summed E-state index contributed by atoms with van der Waals surface area (Å²) in [6.07, 6.45) is 1.93. The zero-order valence-corrected chi connectivity index (χ0v) is 13.2. The van der Waals surface area contributed by atoms with Crippen LogP contribution < -0.4 is 9.46 Å². The summed E-state index contributed by atoms with van der Waals surface area (Å²) < 4.78 is 33.5. The number of nitrogens with zero attached hydrogens (tertiary/aromatic N) is 1. The van der Waals surface area contributed by atoms with E-state index < -0.39 is 10.0 Å². The summed E-state index contributed by atoms with van der Waals surface area (Å²) in [7, 11) is -3.48. The number of ether oxygens (including phenoxy) is 1. The predicted octanol–water partition coefficient (Wildman–Crippen LogP) is 1.46. The zero-order chi connectivity index (χ0) is 14.9. The van der Waals surface area contributed by atoms with Crippen LogP contribution in [0.25, 0.3) is 0 Å². The summed E-state index contributed by atoms with van der Waals surface area (Å²) in [4.78, 5) is 2.64. The van der Waals surface area contributed by atoms with Gasteiger partial charge in [-0.05, 0) is 44.6 Å². The molecular weight excluding hydrogens is 288 g/mol. The lowest BCUT2D eigenvalue weighted by atomic mass is 9.79. The normalized spacial score (nSPS) is 24.6. The molecule has 0 aliphatic carbocycles. The molecule has 3 rings (SSSR count). The van der Waals surface area contributed by atoms with E-state index in [1.54, 1.807) is 18.2 Å². The van der Waals surface area contributed by atoms with E-state index in [4.69, 9.17) is 4.74 Å². The summed E-state index contributed by atoms with van der Waals surface area (Å²) in [5, 5.41) is 0. The zero-order valence-electron chi connectivity index (χ0n) is 12.3. The lowest BCUT2D eigenvalue weighted by Crippen LogP contribution is -2.50. The molecule has 0 radical (unpaired) electrons. The van der Waals surface area contributed by atoms with Gasteiger partial charge in [0.2, 0.25) is 10.0 Å². The summed E-state index contributed by atoms with van der Waals surface area (Å²) >= 11 is 0. The van der Waals surface area contributed by atoms with Crippen LogP contribution in [0.5, 0.6) is 5.75 Å². The van der Waals surface area contributed by atoms with Crippen LogP contribution in [0.3, 0.4) is 0 Å². The Kier molecular flexibility index (Phi) is 3.94. The Bertz CT molecular complexity index is 607. The second kappa shape index (κ2) is 5.59. The Balaban J connectivity index is 1.85. The average molecular weight is 310 g/mol. The van der Waals surface area contributed by atoms with Gasteiger partial charge in [0.1, 0.15) is 10.6 Å². The molecule has 1 N–H and O–H groups in total. The first-order valence-corrected chi connectivity index (χ1v) is 8.97. The lowest BCUT2D eigenvalue weighted by molar-refractivity contribution is 0.0575. The van der Waals surface area contributed by atoms with Crippen molar-refractivity contribution in [3.63, 3.8) is 0 Å². The molecule has 1 fully saturated rings. The Hall–Kier alpha value is -1.11. The minimum atomic E-state index is -3.48. The highest BCUT2D eigenvalue weighted by molar-refractivity contribution is 7.89. The van der Waals surface area contributed by atoms with E-state index in [1.165, 1.54) is 0 Å². The van der Waals surface area contributed by atoms with Crippen molar-refractivity contribution in [2.24, 2.45) is 5.41 Å². The first-order valence-electron chi connectivity index (χ1n) is 7.49. The number of benzene rings is 1. The van der Waals surface area contributed by atoms with Crippen molar-refractivity contribution in [3.8, 4) is 5.75 Å². The molecule has 0 aromatic heterocycles. The topological polar surface area (TPSA) is 58.6 Å². The van der Waals surface area contributed by atoms with Crippen molar-refractivity contribution in [3.05, 3.63) is 24.3 Å². The van der Waals surface area contributed by atoms with Gasteiger partial charge >= 0.3 is 0 Å². The summed E-state index contributed by atoms with van der Waals surface area (Å²) in [6.45, 7) is 6.24. The van der Waals surface area contributed by atoms with Crippen LogP contribution in [0.15, 0.2) is 29.2 Å². The van der Waals surface area contributed by atoms with Gasteiger partial charge in [0.15, 0.2) is 0 Å². The van der Waals surface area contributed by atoms with E-state index in [0.717, 1.165) is 32.5 Å². The fraction of sp³-hybridized carbons (Fsp3) is 0.600. The van der Waals surface area contributed by atoms with Crippen LogP contribution in [0.4, 0.5) is 0 Å². The summed E-state index contributed by atoms with van der Waals surface area (Å²) in [5.41, 5.74) is -0.0910. The van der Waals surface area contributed by atoms with E-state index >= 15 is 0 Å². The molecule has 1 aromatic rings. The number of rotatable bonds is 1. The number of piperidine rings is 1. The molecule has 2 aliphatic heterocycles. The second-order valence-corrected chi connectivity index (χ2v) is 7.73. The van der Waals surface area contributed by atoms with Crippen molar-refractivity contribution < 1.29 is 13.2 Å². The molecule has 6 heteroatoms. The Morgan fingerprint density at radius 3 is 2.71 bits per heavy atom. The molecule has 1 saturated heterocycles. The van der Waals surface area contributed by atoms with Crippen LogP contribution in [0.2, 0.25) is 0 Å². The molecule has 0 bridgehead atoms. The minimum Gasteiger partial charge on any atom is -0.492 e. The van der Waals surface area contributed by atoms with Crippen molar-refractivity contribution in [1.82, 2.24) is 9.62 Å². The van der Waals surface area contributed by atoms with Gasteiger partial charge in [0.05, 0.1) is 6.61 Å². The lowest BCUT2D eigenvalue weighted by Gasteiger charge is -2.42. The van der Waals surface area contributed by atoms with E-state index in [1.807, 2.05) is 6.07 Å². The maximum Gasteiger partial charge on any atom is 0.244 e. The fourth-order valence-electron chi connectivity index (χ4n) is 3.06. The van der Waals surface area contributed by atoms with Crippen LogP contribution in [-0.2, 0) is 10.0 Å². The molecule has 2 aliphatic rings. The quantitative estimate of drug-likeness (QED) is 0.853. The van der Waals surface area contributed by atoms with Gasteiger partial charge in [-0.25, -0.2) is 13.1 Å². The van der Waals surface area contributed by atoms with Gasteiger partial charge in [-0.2, -0.15) is 0 Å². The molecule has 0 saturated carbocycles. The summed E-state index contributed by atoms with van der Waals surface area (Å²) in [5.74, 6) is 0.460. The average Bonchev–Trinajstić information content (AvgIpc) is 2.51. The molecule has 5 nitrogen and oxygen atoms in total. The Morgan fingerprint density at radius 1 is 1.29 bits per heavy atom. The van der Waals surface area contributed by atoms with Gasteiger partial charge in [0, 0.05) is 12.0 Å². The molecule has 21 heavy (non-hydrogen) atoms. The maximum atomic E-state index is 12.4. The van der Waals surface area contributed by atoms with Crippen LogP contribution >= 0.6 is 0 Å². The highest BCUT2D eigenvalue weighted by atomic mass is 32.2. The molecule has 0 atom stereocenters. The first-order chi connectivity index (χ1) is 10.0. The van der Waals surface area contributed by atoms with Crippen LogP contribution in [-0.4, -0.2) is 46.1 Å². The van der Waals surface area contributed by atoms with Crippen molar-refractivity contribution in [2.45, 2.75) is 24.7 Å². The first kappa shape index (κ1) is 14.8. The SMILES string of the molecule is CCN1CCC2(CC1)CNS(=O)(=O)c1ccccc1OC2. The maximum absolute atomic E-state index is 12.4. The minimum absolute atomic E-state index is 0.0910. The predicted molar refractivity (Wildman–Crippen MR) is 80.9 cm³/mol. The third-order valence-electron chi connectivity index (χ3n) is 4.67. The molecule has 2 heterocycles. The van der Waals surface area contributed by atoms with Crippen molar-refractivity contribution >= 4 is 10.0 Å². The monoisotopic (exact) mass is 310 g/mol. The van der Waals surface area contributed by atoms with Crippen molar-refractivity contribution in [1.29, 1.82) is 0 Å². The largest absolute Gasteiger partial charge is 0.492 e. The number of likely N-dealkylation sites (tertiary alicyclic amines) is 1. The molecular formula is C15H22N2O3S. The van der Waals surface area contributed by atoms with Gasteiger partial charge in [0.25, 0.3) is 0 Å². The second-order valence-electron chi connectivity index (χ2n) is 5.99. The van der Waals surface area contributed by atoms with E-state index in [2.05, 4.69) is 16.5 Å². The molecule has 1 spiro atoms. The third kappa shape index (κ3) is 2.93.